The second kappa shape index (κ2) is 7.23. The summed E-state index contributed by atoms with van der Waals surface area (Å²) >= 11 is 0. The van der Waals surface area contributed by atoms with Crippen molar-refractivity contribution < 1.29 is 4.74 Å². The average molecular weight is 314 g/mol. The lowest BCUT2D eigenvalue weighted by atomic mass is 10.3. The minimum absolute atomic E-state index is 0.664. The van der Waals surface area contributed by atoms with Crippen molar-refractivity contribution >= 4 is 17.5 Å². The summed E-state index contributed by atoms with van der Waals surface area (Å²) in [4.78, 5) is 9.03. The lowest BCUT2D eigenvalue weighted by Gasteiger charge is -2.32. The molecule has 0 aliphatic carbocycles. The molecule has 23 heavy (non-hydrogen) atoms. The van der Waals surface area contributed by atoms with E-state index >= 15 is 0 Å². The van der Waals surface area contributed by atoms with Gasteiger partial charge in [0.05, 0.1) is 12.8 Å². The molecule has 7 heteroatoms. The van der Waals surface area contributed by atoms with Gasteiger partial charge in [-0.2, -0.15) is 10.1 Å². The van der Waals surface area contributed by atoms with Crippen LogP contribution in [0.3, 0.4) is 0 Å². The third-order valence-corrected chi connectivity index (χ3v) is 3.77. The van der Waals surface area contributed by atoms with Crippen LogP contribution in [0.25, 0.3) is 0 Å². The highest BCUT2D eigenvalue weighted by molar-refractivity contribution is 5.57. The fraction of sp³-hybridized carbons (Fsp3) is 0.438. The third-order valence-electron chi connectivity index (χ3n) is 3.77. The molecule has 0 spiro atoms. The molecule has 7 nitrogen and oxygen atoms in total. The molecule has 0 radical (unpaired) electrons. The largest absolute Gasteiger partial charge is 0.494 e. The molecule has 1 saturated heterocycles. The quantitative estimate of drug-likeness (QED) is 0.902. The van der Waals surface area contributed by atoms with Gasteiger partial charge in [0.25, 0.3) is 0 Å². The molecule has 0 atom stereocenters. The van der Waals surface area contributed by atoms with E-state index in [1.54, 1.807) is 6.20 Å². The zero-order valence-corrected chi connectivity index (χ0v) is 13.6. The second-order valence-corrected chi connectivity index (χ2v) is 5.51. The molecule has 3 rings (SSSR count). The Kier molecular flexibility index (Phi) is 4.87. The van der Waals surface area contributed by atoms with Gasteiger partial charge < -0.3 is 19.9 Å². The van der Waals surface area contributed by atoms with Crippen molar-refractivity contribution in [2.24, 2.45) is 0 Å². The van der Waals surface area contributed by atoms with Crippen molar-refractivity contribution in [2.75, 3.05) is 50.1 Å². The van der Waals surface area contributed by atoms with Crippen LogP contribution in [0, 0.1) is 0 Å². The number of nitrogens with zero attached hydrogens (tertiary/aromatic N) is 5. The molecular weight excluding hydrogens is 292 g/mol. The van der Waals surface area contributed by atoms with Gasteiger partial charge >= 0.3 is 0 Å². The second-order valence-electron chi connectivity index (χ2n) is 5.51. The first-order valence-electron chi connectivity index (χ1n) is 7.87. The van der Waals surface area contributed by atoms with E-state index < -0.39 is 0 Å². The highest BCUT2D eigenvalue weighted by atomic mass is 16.5. The van der Waals surface area contributed by atoms with Gasteiger partial charge in [-0.1, -0.05) is 0 Å². The highest BCUT2D eigenvalue weighted by Crippen LogP contribution is 2.19. The number of hydrogen-bond acceptors (Lipinski definition) is 7. The Labute approximate surface area is 136 Å². The van der Waals surface area contributed by atoms with Gasteiger partial charge in [-0.3, -0.25) is 0 Å². The van der Waals surface area contributed by atoms with Gasteiger partial charge in [0, 0.05) is 31.9 Å². The van der Waals surface area contributed by atoms with Crippen molar-refractivity contribution in [2.45, 2.75) is 6.92 Å². The van der Waals surface area contributed by atoms with Gasteiger partial charge in [-0.05, 0) is 38.2 Å². The summed E-state index contributed by atoms with van der Waals surface area (Å²) in [6, 6.07) is 7.79. The van der Waals surface area contributed by atoms with E-state index in [1.807, 2.05) is 31.2 Å². The molecule has 2 aromatic rings. The van der Waals surface area contributed by atoms with Crippen LogP contribution >= 0.6 is 0 Å². The van der Waals surface area contributed by atoms with E-state index in [9.17, 15) is 0 Å². The molecule has 0 bridgehead atoms. The average Bonchev–Trinajstić information content (AvgIpc) is 2.58. The Bertz CT molecular complexity index is 625. The number of aromatic nitrogens is 3. The fourth-order valence-corrected chi connectivity index (χ4v) is 2.44. The van der Waals surface area contributed by atoms with Crippen LogP contribution in [0.2, 0.25) is 0 Å². The molecule has 1 aliphatic heterocycles. The van der Waals surface area contributed by atoms with Crippen LogP contribution in [-0.2, 0) is 0 Å². The lowest BCUT2D eigenvalue weighted by Crippen LogP contribution is -2.45. The number of benzene rings is 1. The molecule has 1 aromatic carbocycles. The summed E-state index contributed by atoms with van der Waals surface area (Å²) in [6.45, 7) is 6.50. The van der Waals surface area contributed by atoms with E-state index in [1.165, 1.54) is 0 Å². The van der Waals surface area contributed by atoms with Crippen LogP contribution in [-0.4, -0.2) is 59.9 Å². The Morgan fingerprint density at radius 3 is 2.57 bits per heavy atom. The molecule has 0 amide bonds. The van der Waals surface area contributed by atoms with Crippen LogP contribution in [0.5, 0.6) is 5.75 Å². The van der Waals surface area contributed by atoms with E-state index in [0.29, 0.717) is 18.4 Å². The predicted molar refractivity (Wildman–Crippen MR) is 90.4 cm³/mol. The van der Waals surface area contributed by atoms with Gasteiger partial charge in [0.2, 0.25) is 5.95 Å². The highest BCUT2D eigenvalue weighted by Gasteiger charge is 2.17. The molecule has 1 aromatic heterocycles. The third kappa shape index (κ3) is 4.07. The number of likely N-dealkylation sites (N-methyl/N-ethyl adjacent to an activating group) is 1. The van der Waals surface area contributed by atoms with Crippen LogP contribution in [0.15, 0.2) is 30.5 Å². The number of rotatable bonds is 5. The zero-order chi connectivity index (χ0) is 16.1. The SMILES string of the molecule is CCOc1ccc(Nc2cnnc(N3CCN(C)CC3)n2)cc1. The lowest BCUT2D eigenvalue weighted by molar-refractivity contribution is 0.311. The summed E-state index contributed by atoms with van der Waals surface area (Å²) in [6.07, 6.45) is 1.63. The fourth-order valence-electron chi connectivity index (χ4n) is 2.44. The molecule has 2 heterocycles. The normalized spacial score (nSPS) is 15.5. The van der Waals surface area contributed by atoms with E-state index in [0.717, 1.165) is 37.6 Å². The van der Waals surface area contributed by atoms with E-state index in [2.05, 4.69) is 37.3 Å². The van der Waals surface area contributed by atoms with Crippen LogP contribution in [0.4, 0.5) is 17.5 Å². The number of anilines is 3. The Morgan fingerprint density at radius 1 is 1.13 bits per heavy atom. The van der Waals surface area contributed by atoms with Gasteiger partial charge in [-0.15, -0.1) is 5.10 Å². The van der Waals surface area contributed by atoms with Gasteiger partial charge in [-0.25, -0.2) is 0 Å². The van der Waals surface area contributed by atoms with Crippen molar-refractivity contribution in [3.63, 3.8) is 0 Å². The van der Waals surface area contributed by atoms with Crippen molar-refractivity contribution in [3.05, 3.63) is 30.5 Å². The van der Waals surface area contributed by atoms with Crippen molar-refractivity contribution in [1.29, 1.82) is 0 Å². The molecule has 122 valence electrons. The number of ether oxygens (including phenoxy) is 1. The maximum atomic E-state index is 5.44. The van der Waals surface area contributed by atoms with Crippen molar-refractivity contribution in [3.8, 4) is 5.75 Å². The first kappa shape index (κ1) is 15.5. The van der Waals surface area contributed by atoms with E-state index in [4.69, 9.17) is 4.74 Å². The summed E-state index contributed by atoms with van der Waals surface area (Å²) in [5.41, 5.74) is 0.943. The molecule has 1 N–H and O–H groups in total. The number of hydrogen-bond donors (Lipinski definition) is 1. The Morgan fingerprint density at radius 2 is 1.87 bits per heavy atom. The summed E-state index contributed by atoms with van der Waals surface area (Å²) < 4.78 is 5.44. The van der Waals surface area contributed by atoms with Gasteiger partial charge in [0.1, 0.15) is 5.75 Å². The molecule has 1 aliphatic rings. The minimum Gasteiger partial charge on any atom is -0.494 e. The predicted octanol–water partition coefficient (Wildman–Crippen LogP) is 1.77. The minimum atomic E-state index is 0.664. The van der Waals surface area contributed by atoms with Crippen molar-refractivity contribution in [1.82, 2.24) is 20.1 Å². The summed E-state index contributed by atoms with van der Waals surface area (Å²) in [5, 5.41) is 11.5. The molecule has 0 unspecified atom stereocenters. The molecular formula is C16H22N6O. The monoisotopic (exact) mass is 314 g/mol. The number of piperazine rings is 1. The summed E-state index contributed by atoms with van der Waals surface area (Å²) in [5.74, 6) is 2.23. The summed E-state index contributed by atoms with van der Waals surface area (Å²) in [7, 11) is 2.13. The molecule has 0 saturated carbocycles. The maximum Gasteiger partial charge on any atom is 0.247 e. The standard InChI is InChI=1S/C16H22N6O/c1-3-23-14-6-4-13(5-7-14)18-15-12-17-20-16(19-15)22-10-8-21(2)9-11-22/h4-7,12H,3,8-11H2,1-2H3,(H,18,19,20). The van der Waals surface area contributed by atoms with Gasteiger partial charge in [0.15, 0.2) is 5.82 Å². The first-order chi connectivity index (χ1) is 11.2. The van der Waals surface area contributed by atoms with E-state index in [-0.39, 0.29) is 0 Å². The zero-order valence-electron chi connectivity index (χ0n) is 13.6. The Balaban J connectivity index is 1.67. The maximum absolute atomic E-state index is 5.44. The topological polar surface area (TPSA) is 66.4 Å². The number of nitrogens with one attached hydrogen (secondary N) is 1. The first-order valence-corrected chi connectivity index (χ1v) is 7.87. The van der Waals surface area contributed by atoms with Crippen LogP contribution in [0.1, 0.15) is 6.92 Å². The smallest absolute Gasteiger partial charge is 0.247 e. The Hall–Kier alpha value is -2.41. The molecule has 1 fully saturated rings. The van der Waals surface area contributed by atoms with Crippen LogP contribution < -0.4 is 15.0 Å².